The summed E-state index contributed by atoms with van der Waals surface area (Å²) in [5.41, 5.74) is 0. The van der Waals surface area contributed by atoms with Gasteiger partial charge in [0.2, 0.25) is 11.8 Å². The molecular weight excluding hydrogens is 364 g/mol. The van der Waals surface area contributed by atoms with E-state index in [-0.39, 0.29) is 30.6 Å². The molecule has 3 aliphatic rings. The van der Waals surface area contributed by atoms with Gasteiger partial charge in [0, 0.05) is 31.3 Å². The fraction of sp³-hybridized carbons (Fsp3) is 0.900. The predicted molar refractivity (Wildman–Crippen MR) is 101 cm³/mol. The second-order valence-corrected chi connectivity index (χ2v) is 8.12. The van der Waals surface area contributed by atoms with Crippen LogP contribution >= 0.6 is 0 Å². The van der Waals surface area contributed by atoms with Crippen molar-refractivity contribution in [2.24, 2.45) is 5.92 Å². The topological polar surface area (TPSA) is 98.4 Å². The molecule has 1 aliphatic carbocycles. The Labute approximate surface area is 166 Å². The third kappa shape index (κ3) is 7.31. The van der Waals surface area contributed by atoms with Crippen LogP contribution in [-0.4, -0.2) is 62.5 Å². The van der Waals surface area contributed by atoms with Crippen LogP contribution in [0.4, 0.5) is 0 Å². The number of carbonyl (C=O) groups excluding carboxylic acids is 2. The molecule has 2 heterocycles. The Morgan fingerprint density at radius 1 is 1.11 bits per heavy atom. The van der Waals surface area contributed by atoms with Crippen LogP contribution in [0.3, 0.4) is 0 Å². The molecule has 160 valence electrons. The molecule has 0 bridgehead atoms. The molecule has 2 saturated heterocycles. The zero-order chi connectivity index (χ0) is 19.8. The first kappa shape index (κ1) is 21.5. The van der Waals surface area contributed by atoms with Crippen molar-refractivity contribution in [1.82, 2.24) is 10.6 Å². The Morgan fingerprint density at radius 2 is 2.00 bits per heavy atom. The minimum atomic E-state index is -0.1000. The molecule has 28 heavy (non-hydrogen) atoms. The van der Waals surface area contributed by atoms with E-state index in [1.165, 1.54) is 0 Å². The van der Waals surface area contributed by atoms with Gasteiger partial charge in [-0.3, -0.25) is 9.59 Å². The summed E-state index contributed by atoms with van der Waals surface area (Å²) in [7, 11) is 0. The molecule has 0 spiro atoms. The van der Waals surface area contributed by atoms with Crippen LogP contribution in [0.1, 0.15) is 58.3 Å². The number of epoxide rings is 1. The zero-order valence-electron chi connectivity index (χ0n) is 16.8. The molecule has 8 heteroatoms. The number of hydrogen-bond donors (Lipinski definition) is 2. The molecular formula is C20H34N2O6. The van der Waals surface area contributed by atoms with Crippen molar-refractivity contribution in [1.29, 1.82) is 0 Å². The van der Waals surface area contributed by atoms with Crippen molar-refractivity contribution in [2.75, 3.05) is 26.4 Å². The van der Waals surface area contributed by atoms with Crippen LogP contribution in [0.5, 0.6) is 0 Å². The Morgan fingerprint density at radius 3 is 2.75 bits per heavy atom. The average Bonchev–Trinajstić information content (AvgIpc) is 3.49. The average molecular weight is 399 g/mol. The summed E-state index contributed by atoms with van der Waals surface area (Å²) in [5.74, 6) is 0.216. The van der Waals surface area contributed by atoms with Crippen LogP contribution in [0, 0.1) is 5.92 Å². The molecule has 1 saturated carbocycles. The van der Waals surface area contributed by atoms with Crippen LogP contribution in [-0.2, 0) is 28.8 Å². The van der Waals surface area contributed by atoms with Crippen LogP contribution in [0.25, 0.3) is 0 Å². The largest absolute Gasteiger partial charge is 0.369 e. The maximum absolute atomic E-state index is 12.2. The van der Waals surface area contributed by atoms with Gasteiger partial charge in [-0.05, 0) is 32.1 Å². The molecule has 3 fully saturated rings. The van der Waals surface area contributed by atoms with Crippen molar-refractivity contribution in [3.63, 3.8) is 0 Å². The van der Waals surface area contributed by atoms with Gasteiger partial charge in [-0.15, -0.1) is 0 Å². The number of hydrogen-bond acceptors (Lipinski definition) is 6. The summed E-state index contributed by atoms with van der Waals surface area (Å²) in [5, 5.41) is 5.98. The molecule has 0 aromatic rings. The number of ether oxygens (including phenoxy) is 2. The van der Waals surface area contributed by atoms with Crippen LogP contribution < -0.4 is 10.6 Å². The van der Waals surface area contributed by atoms with Crippen molar-refractivity contribution in [2.45, 2.75) is 82.6 Å². The molecule has 5 atom stereocenters. The van der Waals surface area contributed by atoms with E-state index < -0.39 is 0 Å². The highest BCUT2D eigenvalue weighted by molar-refractivity contribution is 5.78. The first-order valence-corrected chi connectivity index (χ1v) is 10.7. The molecule has 0 radical (unpaired) electrons. The highest BCUT2D eigenvalue weighted by Crippen LogP contribution is 2.37. The SMILES string of the molecule is CCCC(CCC(=O)NCC1CCOOC1)NC(=O)COC1CCC2OC2C1. The fourth-order valence-electron chi connectivity index (χ4n) is 3.93. The van der Waals surface area contributed by atoms with Gasteiger partial charge in [-0.2, -0.15) is 0 Å². The van der Waals surface area contributed by atoms with Gasteiger partial charge in [-0.1, -0.05) is 13.3 Å². The highest BCUT2D eigenvalue weighted by atomic mass is 17.2. The third-order valence-electron chi connectivity index (χ3n) is 5.71. The number of carbonyl (C=O) groups is 2. The summed E-state index contributed by atoms with van der Waals surface area (Å²) in [6.45, 7) is 3.85. The molecule has 8 nitrogen and oxygen atoms in total. The monoisotopic (exact) mass is 398 g/mol. The summed E-state index contributed by atoms with van der Waals surface area (Å²) in [6.07, 6.45) is 7.54. The molecule has 3 rings (SSSR count). The quantitative estimate of drug-likeness (QED) is 0.404. The fourth-order valence-corrected chi connectivity index (χ4v) is 3.93. The summed E-state index contributed by atoms with van der Waals surface area (Å²) >= 11 is 0. The number of rotatable bonds is 11. The maximum atomic E-state index is 12.2. The van der Waals surface area contributed by atoms with Crippen molar-refractivity contribution >= 4 is 11.8 Å². The Bertz CT molecular complexity index is 511. The minimum Gasteiger partial charge on any atom is -0.369 e. The van der Waals surface area contributed by atoms with Gasteiger partial charge in [0.15, 0.2) is 0 Å². The number of amides is 2. The van der Waals surface area contributed by atoms with Gasteiger partial charge in [0.25, 0.3) is 0 Å². The Hall–Kier alpha value is -1.22. The van der Waals surface area contributed by atoms with E-state index in [4.69, 9.17) is 19.2 Å². The predicted octanol–water partition coefficient (Wildman–Crippen LogP) is 1.47. The number of fused-ring (bicyclic) bond motifs is 1. The smallest absolute Gasteiger partial charge is 0.246 e. The molecule has 5 unspecified atom stereocenters. The lowest BCUT2D eigenvalue weighted by molar-refractivity contribution is -0.323. The standard InChI is InChI=1S/C20H34N2O6/c1-2-3-15(4-7-19(23)21-11-14-8-9-26-27-12-14)22-20(24)13-25-16-5-6-17-18(10-16)28-17/h14-18H,2-13H2,1H3,(H,21,23)(H,22,24). The zero-order valence-corrected chi connectivity index (χ0v) is 16.8. The lowest BCUT2D eigenvalue weighted by atomic mass is 9.98. The molecule has 2 N–H and O–H groups in total. The van der Waals surface area contributed by atoms with E-state index in [1.54, 1.807) is 0 Å². The third-order valence-corrected chi connectivity index (χ3v) is 5.71. The second kappa shape index (κ2) is 11.1. The van der Waals surface area contributed by atoms with Gasteiger partial charge < -0.3 is 20.1 Å². The highest BCUT2D eigenvalue weighted by Gasteiger charge is 2.44. The summed E-state index contributed by atoms with van der Waals surface area (Å²) in [4.78, 5) is 34.2. The van der Waals surface area contributed by atoms with Gasteiger partial charge in [-0.25, -0.2) is 9.78 Å². The van der Waals surface area contributed by atoms with Gasteiger partial charge in [0.05, 0.1) is 31.5 Å². The van der Waals surface area contributed by atoms with E-state index in [0.717, 1.165) is 38.5 Å². The van der Waals surface area contributed by atoms with E-state index >= 15 is 0 Å². The number of nitrogens with one attached hydrogen (secondary N) is 2. The van der Waals surface area contributed by atoms with E-state index in [2.05, 4.69) is 17.6 Å². The van der Waals surface area contributed by atoms with Gasteiger partial charge in [0.1, 0.15) is 6.61 Å². The Balaban J connectivity index is 1.29. The van der Waals surface area contributed by atoms with Gasteiger partial charge >= 0.3 is 0 Å². The molecule has 0 aromatic heterocycles. The second-order valence-electron chi connectivity index (χ2n) is 8.12. The lowest BCUT2D eigenvalue weighted by Crippen LogP contribution is -2.39. The first-order chi connectivity index (χ1) is 13.6. The lowest BCUT2D eigenvalue weighted by Gasteiger charge is -2.22. The summed E-state index contributed by atoms with van der Waals surface area (Å²) < 4.78 is 11.3. The normalized spacial score (nSPS) is 30.2. The van der Waals surface area contributed by atoms with E-state index in [1.807, 2.05) is 0 Å². The molecule has 2 amide bonds. The van der Waals surface area contributed by atoms with Crippen molar-refractivity contribution in [3.8, 4) is 0 Å². The van der Waals surface area contributed by atoms with E-state index in [0.29, 0.717) is 50.7 Å². The maximum Gasteiger partial charge on any atom is 0.246 e. The van der Waals surface area contributed by atoms with Crippen molar-refractivity contribution in [3.05, 3.63) is 0 Å². The van der Waals surface area contributed by atoms with Crippen molar-refractivity contribution < 1.29 is 28.8 Å². The van der Waals surface area contributed by atoms with E-state index in [9.17, 15) is 9.59 Å². The first-order valence-electron chi connectivity index (χ1n) is 10.7. The molecule has 0 aromatic carbocycles. The summed E-state index contributed by atoms with van der Waals surface area (Å²) in [6, 6.07) is 0.000709. The van der Waals surface area contributed by atoms with Crippen LogP contribution in [0.15, 0.2) is 0 Å². The minimum absolute atomic E-state index is 0.000709. The molecule has 2 aliphatic heterocycles. The van der Waals surface area contributed by atoms with Crippen LogP contribution in [0.2, 0.25) is 0 Å². The Kier molecular flexibility index (Phi) is 8.51.